The Morgan fingerprint density at radius 3 is 1.59 bits per heavy atom. The number of benzene rings is 4. The molecule has 1 aromatic heterocycles. The molecule has 0 aliphatic heterocycles. The zero-order valence-corrected chi connectivity index (χ0v) is 21.4. The first-order valence-electron chi connectivity index (χ1n) is 12.2. The van der Waals surface area contributed by atoms with E-state index in [-0.39, 0.29) is 0 Å². The molecule has 1 N–H and O–H groups in total. The number of nitrogens with zero attached hydrogens (tertiary/aromatic N) is 4. The molecule has 0 atom stereocenters. The van der Waals surface area contributed by atoms with Gasteiger partial charge >= 0.3 is 11.4 Å². The van der Waals surface area contributed by atoms with Crippen LogP contribution < -0.4 is 0 Å². The highest BCUT2D eigenvalue weighted by molar-refractivity contribution is 5.74. The SMILES string of the molecule is O=[N+]([O-])c1cc([N+](=O)[O-])c(O)c([N+](=O)[O-])c1.c1ccc(Cc2ncc(-c3ccccc3)cc2-c2ccccc2)cc1. The maximum absolute atomic E-state index is 10.4. The summed E-state index contributed by atoms with van der Waals surface area (Å²) in [7, 11) is 0. The lowest BCUT2D eigenvalue weighted by Gasteiger charge is -2.12. The molecule has 0 fully saturated rings. The number of aromatic nitrogens is 1. The van der Waals surface area contributed by atoms with Crippen LogP contribution in [0, 0.1) is 30.3 Å². The van der Waals surface area contributed by atoms with Crippen LogP contribution in [-0.4, -0.2) is 24.9 Å². The molecule has 41 heavy (non-hydrogen) atoms. The van der Waals surface area contributed by atoms with E-state index in [1.54, 1.807) is 0 Å². The normalized spacial score (nSPS) is 10.2. The van der Waals surface area contributed by atoms with E-state index in [1.165, 1.54) is 22.3 Å². The fraction of sp³-hybridized carbons (Fsp3) is 0.0333. The summed E-state index contributed by atoms with van der Waals surface area (Å²) >= 11 is 0. The Kier molecular flexibility index (Phi) is 8.70. The molecule has 0 spiro atoms. The lowest BCUT2D eigenvalue weighted by atomic mass is 9.96. The van der Waals surface area contributed by atoms with Gasteiger partial charge in [-0.15, -0.1) is 0 Å². The van der Waals surface area contributed by atoms with Crippen molar-refractivity contribution in [3.63, 3.8) is 0 Å². The van der Waals surface area contributed by atoms with E-state index in [9.17, 15) is 30.3 Å². The molecule has 204 valence electrons. The first-order chi connectivity index (χ1) is 19.7. The summed E-state index contributed by atoms with van der Waals surface area (Å²) < 4.78 is 0. The Labute approximate surface area is 233 Å². The third-order valence-corrected chi connectivity index (χ3v) is 6.04. The highest BCUT2D eigenvalue weighted by Crippen LogP contribution is 2.39. The Morgan fingerprint density at radius 2 is 1.10 bits per heavy atom. The van der Waals surface area contributed by atoms with Gasteiger partial charge in [-0.1, -0.05) is 91.0 Å². The van der Waals surface area contributed by atoms with Gasteiger partial charge in [0, 0.05) is 23.7 Å². The van der Waals surface area contributed by atoms with Crippen molar-refractivity contribution in [2.75, 3.05) is 0 Å². The summed E-state index contributed by atoms with van der Waals surface area (Å²) in [5, 5.41) is 40.2. The van der Waals surface area contributed by atoms with Gasteiger partial charge in [-0.2, -0.15) is 0 Å². The van der Waals surface area contributed by atoms with Crippen LogP contribution in [-0.2, 0) is 6.42 Å². The number of phenolic OH excluding ortho intramolecular Hbond substituents is 1. The molecule has 4 aromatic carbocycles. The molecule has 0 saturated heterocycles. The Bertz CT molecular complexity index is 1660. The van der Waals surface area contributed by atoms with Crippen LogP contribution in [0.2, 0.25) is 0 Å². The number of hydrogen-bond donors (Lipinski definition) is 1. The van der Waals surface area contributed by atoms with Gasteiger partial charge in [-0.25, -0.2) is 0 Å². The van der Waals surface area contributed by atoms with E-state index in [4.69, 9.17) is 10.1 Å². The van der Waals surface area contributed by atoms with Crippen LogP contribution in [0.3, 0.4) is 0 Å². The van der Waals surface area contributed by atoms with Crippen molar-refractivity contribution in [1.29, 1.82) is 0 Å². The standard InChI is InChI=1S/C24H19N.C6H3N3O7/c1-4-10-19(11-5-1)16-24-23(21-14-8-3-9-15-21)17-22(18-25-24)20-12-6-2-7-13-20;10-6-4(8(13)14)1-3(7(11)12)2-5(6)9(15)16/h1-15,17-18H,16H2;1-2,10H. The maximum atomic E-state index is 10.4. The van der Waals surface area contributed by atoms with Crippen molar-refractivity contribution in [3.05, 3.63) is 157 Å². The zero-order chi connectivity index (χ0) is 29.4. The molecule has 0 aliphatic rings. The first kappa shape index (κ1) is 28.0. The number of non-ortho nitro benzene ring substituents is 1. The second-order valence-corrected chi connectivity index (χ2v) is 8.72. The predicted molar refractivity (Wildman–Crippen MR) is 152 cm³/mol. The van der Waals surface area contributed by atoms with Crippen LogP contribution in [0.25, 0.3) is 22.3 Å². The quantitative estimate of drug-likeness (QED) is 0.165. The van der Waals surface area contributed by atoms with E-state index in [0.29, 0.717) is 12.1 Å². The van der Waals surface area contributed by atoms with Crippen molar-refractivity contribution in [1.82, 2.24) is 4.98 Å². The van der Waals surface area contributed by atoms with Crippen molar-refractivity contribution < 1.29 is 19.9 Å². The second-order valence-electron chi connectivity index (χ2n) is 8.72. The number of aromatic hydroxyl groups is 1. The van der Waals surface area contributed by atoms with Gasteiger partial charge in [0.05, 0.1) is 32.6 Å². The minimum Gasteiger partial charge on any atom is -0.497 e. The molecule has 11 heteroatoms. The molecule has 1 heterocycles. The molecule has 0 saturated carbocycles. The number of rotatable bonds is 7. The van der Waals surface area contributed by atoms with E-state index in [2.05, 4.69) is 84.9 Å². The van der Waals surface area contributed by atoms with Crippen LogP contribution >= 0.6 is 0 Å². The van der Waals surface area contributed by atoms with Crippen LogP contribution in [0.15, 0.2) is 115 Å². The molecule has 5 aromatic rings. The summed E-state index contributed by atoms with van der Waals surface area (Å²) in [6, 6.07) is 34.6. The Balaban J connectivity index is 0.000000210. The first-order valence-corrected chi connectivity index (χ1v) is 12.2. The number of pyridine rings is 1. The lowest BCUT2D eigenvalue weighted by molar-refractivity contribution is -0.404. The number of nitro benzene ring substituents is 3. The van der Waals surface area contributed by atoms with Gasteiger partial charge in [-0.3, -0.25) is 35.3 Å². The molecule has 0 radical (unpaired) electrons. The highest BCUT2D eigenvalue weighted by atomic mass is 16.6. The topological polar surface area (TPSA) is 163 Å². The van der Waals surface area contributed by atoms with Gasteiger partial charge in [0.25, 0.3) is 11.4 Å². The molecule has 5 rings (SSSR count). The Morgan fingerprint density at radius 1 is 0.610 bits per heavy atom. The van der Waals surface area contributed by atoms with Crippen LogP contribution in [0.1, 0.15) is 11.3 Å². The largest absolute Gasteiger partial charge is 0.497 e. The van der Waals surface area contributed by atoms with Gasteiger partial charge in [0.15, 0.2) is 0 Å². The molecular formula is C30H22N4O7. The van der Waals surface area contributed by atoms with Crippen molar-refractivity contribution in [2.24, 2.45) is 0 Å². The summed E-state index contributed by atoms with van der Waals surface area (Å²) in [4.78, 5) is 32.6. The van der Waals surface area contributed by atoms with Gasteiger partial charge in [0.1, 0.15) is 0 Å². The van der Waals surface area contributed by atoms with E-state index < -0.39 is 37.6 Å². The predicted octanol–water partition coefficient (Wildman–Crippen LogP) is 7.12. The maximum Gasteiger partial charge on any atom is 0.324 e. The van der Waals surface area contributed by atoms with Crippen molar-refractivity contribution in [3.8, 4) is 28.0 Å². The molecule has 0 bridgehead atoms. The third-order valence-electron chi connectivity index (χ3n) is 6.04. The second kappa shape index (κ2) is 12.7. The van der Waals surface area contributed by atoms with Gasteiger partial charge in [0.2, 0.25) is 0 Å². The fourth-order valence-corrected chi connectivity index (χ4v) is 4.05. The Hall–Kier alpha value is -5.97. The lowest BCUT2D eigenvalue weighted by Crippen LogP contribution is -1.97. The smallest absolute Gasteiger partial charge is 0.324 e. The third kappa shape index (κ3) is 6.92. The molecule has 0 amide bonds. The van der Waals surface area contributed by atoms with Crippen molar-refractivity contribution >= 4 is 17.1 Å². The van der Waals surface area contributed by atoms with E-state index >= 15 is 0 Å². The summed E-state index contributed by atoms with van der Waals surface area (Å²) in [6.45, 7) is 0. The molecule has 0 aliphatic carbocycles. The summed E-state index contributed by atoms with van der Waals surface area (Å²) in [6.07, 6.45) is 2.82. The fourth-order valence-electron chi connectivity index (χ4n) is 4.05. The van der Waals surface area contributed by atoms with E-state index in [1.807, 2.05) is 18.3 Å². The molecular weight excluding hydrogens is 528 g/mol. The number of hydrogen-bond acceptors (Lipinski definition) is 8. The average molecular weight is 551 g/mol. The van der Waals surface area contributed by atoms with Crippen LogP contribution in [0.5, 0.6) is 5.75 Å². The number of phenols is 1. The van der Waals surface area contributed by atoms with Gasteiger partial charge < -0.3 is 5.11 Å². The summed E-state index contributed by atoms with van der Waals surface area (Å²) in [5.41, 5.74) is 4.13. The molecule has 0 unspecified atom stereocenters. The minimum absolute atomic E-state index is 0.447. The molecule has 11 nitrogen and oxygen atoms in total. The number of nitro groups is 3. The summed E-state index contributed by atoms with van der Waals surface area (Å²) in [5.74, 6) is -1.21. The monoisotopic (exact) mass is 550 g/mol. The van der Waals surface area contributed by atoms with Crippen LogP contribution in [0.4, 0.5) is 17.1 Å². The highest BCUT2D eigenvalue weighted by Gasteiger charge is 2.30. The van der Waals surface area contributed by atoms with Gasteiger partial charge in [-0.05, 0) is 22.8 Å². The van der Waals surface area contributed by atoms with E-state index in [0.717, 1.165) is 17.7 Å². The average Bonchev–Trinajstić information content (AvgIpc) is 2.99. The van der Waals surface area contributed by atoms with Crippen molar-refractivity contribution in [2.45, 2.75) is 6.42 Å². The minimum atomic E-state index is -1.21. The zero-order valence-electron chi connectivity index (χ0n) is 21.4.